The van der Waals surface area contributed by atoms with Crippen LogP contribution in [0.2, 0.25) is 0 Å². The highest BCUT2D eigenvalue weighted by Gasteiger charge is 2.16. The molecule has 1 amide bonds. The quantitative estimate of drug-likeness (QED) is 0.579. The van der Waals surface area contributed by atoms with Crippen molar-refractivity contribution in [2.45, 2.75) is 13.3 Å². The summed E-state index contributed by atoms with van der Waals surface area (Å²) in [7, 11) is 3.23. The van der Waals surface area contributed by atoms with Crippen LogP contribution in [-0.2, 0) is 6.42 Å². The maximum absolute atomic E-state index is 11.6. The zero-order valence-electron chi connectivity index (χ0n) is 9.56. The summed E-state index contributed by atoms with van der Waals surface area (Å²) in [5.74, 6) is -0.231. The van der Waals surface area contributed by atoms with E-state index in [1.807, 2.05) is 6.92 Å². The van der Waals surface area contributed by atoms with Crippen LogP contribution in [0.1, 0.15) is 22.8 Å². The molecule has 16 heavy (non-hydrogen) atoms. The lowest BCUT2D eigenvalue weighted by Gasteiger charge is -2.10. The number of carbonyl (C=O) groups excluding carboxylic acids is 1. The first-order valence-electron chi connectivity index (χ1n) is 4.96. The molecule has 0 radical (unpaired) electrons. The van der Waals surface area contributed by atoms with Crippen LogP contribution in [0.3, 0.4) is 0 Å². The van der Waals surface area contributed by atoms with Gasteiger partial charge in [-0.2, -0.15) is 0 Å². The second-order valence-corrected chi connectivity index (χ2v) is 3.65. The van der Waals surface area contributed by atoms with Gasteiger partial charge < -0.3 is 4.90 Å². The van der Waals surface area contributed by atoms with Crippen molar-refractivity contribution in [3.8, 4) is 0 Å². The Bertz CT molecular complexity index is 427. The highest BCUT2D eigenvalue weighted by Crippen LogP contribution is 2.21. The first-order chi connectivity index (χ1) is 7.47. The van der Waals surface area contributed by atoms with Gasteiger partial charge in [0.1, 0.15) is 0 Å². The lowest BCUT2D eigenvalue weighted by molar-refractivity contribution is -0.385. The molecule has 0 heterocycles. The molecule has 0 bridgehead atoms. The molecule has 0 fully saturated rings. The van der Waals surface area contributed by atoms with Gasteiger partial charge in [-0.25, -0.2) is 0 Å². The van der Waals surface area contributed by atoms with E-state index in [9.17, 15) is 14.9 Å². The number of hydrogen-bond acceptors (Lipinski definition) is 3. The molecule has 1 aromatic carbocycles. The van der Waals surface area contributed by atoms with Crippen molar-refractivity contribution in [2.24, 2.45) is 0 Å². The van der Waals surface area contributed by atoms with Crippen molar-refractivity contribution < 1.29 is 9.72 Å². The Morgan fingerprint density at radius 3 is 2.50 bits per heavy atom. The summed E-state index contributed by atoms with van der Waals surface area (Å²) < 4.78 is 0. The molecule has 5 nitrogen and oxygen atoms in total. The third kappa shape index (κ3) is 2.36. The van der Waals surface area contributed by atoms with E-state index in [1.54, 1.807) is 26.2 Å². The van der Waals surface area contributed by atoms with E-state index in [4.69, 9.17) is 0 Å². The average Bonchev–Trinajstić information content (AvgIpc) is 2.26. The standard InChI is InChI=1S/C11H14N2O3/c1-4-8-5-6-9(11(14)12(2)3)7-10(8)13(15)16/h5-7H,4H2,1-3H3. The van der Waals surface area contributed by atoms with E-state index >= 15 is 0 Å². The summed E-state index contributed by atoms with van der Waals surface area (Å²) in [6.45, 7) is 1.84. The van der Waals surface area contributed by atoms with Crippen LogP contribution in [0.4, 0.5) is 5.69 Å². The van der Waals surface area contributed by atoms with Crippen molar-refractivity contribution in [1.29, 1.82) is 0 Å². The molecule has 0 aliphatic carbocycles. The van der Waals surface area contributed by atoms with Crippen LogP contribution in [0, 0.1) is 10.1 Å². The number of amides is 1. The molecule has 0 N–H and O–H groups in total. The van der Waals surface area contributed by atoms with Crippen molar-refractivity contribution in [2.75, 3.05) is 14.1 Å². The minimum atomic E-state index is -0.453. The van der Waals surface area contributed by atoms with E-state index < -0.39 is 4.92 Å². The Labute approximate surface area is 93.8 Å². The monoisotopic (exact) mass is 222 g/mol. The summed E-state index contributed by atoms with van der Waals surface area (Å²) in [6.07, 6.45) is 0.576. The van der Waals surface area contributed by atoms with Crippen LogP contribution in [0.25, 0.3) is 0 Å². The molecule has 1 aromatic rings. The maximum atomic E-state index is 11.6. The van der Waals surface area contributed by atoms with Crippen LogP contribution in [-0.4, -0.2) is 29.8 Å². The number of carbonyl (C=O) groups is 1. The van der Waals surface area contributed by atoms with Crippen molar-refractivity contribution in [3.05, 3.63) is 39.4 Å². The van der Waals surface area contributed by atoms with E-state index in [-0.39, 0.29) is 11.6 Å². The average molecular weight is 222 g/mol. The molecule has 0 atom stereocenters. The van der Waals surface area contributed by atoms with Crippen LogP contribution < -0.4 is 0 Å². The Kier molecular flexibility index (Phi) is 3.60. The molecular formula is C11H14N2O3. The summed E-state index contributed by atoms with van der Waals surface area (Å²) in [5, 5.41) is 10.8. The summed E-state index contributed by atoms with van der Waals surface area (Å²) >= 11 is 0. The molecule has 0 aliphatic heterocycles. The minimum Gasteiger partial charge on any atom is -0.345 e. The summed E-state index contributed by atoms with van der Waals surface area (Å²) in [4.78, 5) is 23.4. The predicted molar refractivity (Wildman–Crippen MR) is 60.5 cm³/mol. The second-order valence-electron chi connectivity index (χ2n) is 3.65. The zero-order valence-corrected chi connectivity index (χ0v) is 9.56. The van der Waals surface area contributed by atoms with Crippen molar-refractivity contribution in [1.82, 2.24) is 4.90 Å². The Hall–Kier alpha value is -1.91. The van der Waals surface area contributed by atoms with Crippen molar-refractivity contribution >= 4 is 11.6 Å². The smallest absolute Gasteiger partial charge is 0.273 e. The van der Waals surface area contributed by atoms with E-state index in [2.05, 4.69) is 0 Å². The van der Waals surface area contributed by atoms with E-state index in [0.29, 0.717) is 17.5 Å². The van der Waals surface area contributed by atoms with Crippen LogP contribution in [0.15, 0.2) is 18.2 Å². The first-order valence-corrected chi connectivity index (χ1v) is 4.96. The van der Waals surface area contributed by atoms with Gasteiger partial charge in [0.2, 0.25) is 0 Å². The molecule has 1 rings (SSSR count). The highest BCUT2D eigenvalue weighted by atomic mass is 16.6. The number of nitro benzene ring substituents is 1. The molecular weight excluding hydrogens is 208 g/mol. The van der Waals surface area contributed by atoms with Gasteiger partial charge in [0.25, 0.3) is 11.6 Å². The van der Waals surface area contributed by atoms with Gasteiger partial charge in [-0.05, 0) is 12.5 Å². The molecule has 0 spiro atoms. The number of hydrogen-bond donors (Lipinski definition) is 0. The molecule has 86 valence electrons. The third-order valence-corrected chi connectivity index (χ3v) is 2.32. The summed E-state index contributed by atoms with van der Waals surface area (Å²) in [6, 6.07) is 4.59. The molecule has 0 aliphatic rings. The second kappa shape index (κ2) is 4.74. The van der Waals surface area contributed by atoms with Gasteiger partial charge in [-0.15, -0.1) is 0 Å². The Balaban J connectivity index is 3.22. The van der Waals surface area contributed by atoms with E-state index in [1.165, 1.54) is 11.0 Å². The molecule has 0 aromatic heterocycles. The minimum absolute atomic E-state index is 0.00944. The number of nitro groups is 1. The molecule has 0 saturated carbocycles. The molecule has 5 heteroatoms. The normalized spacial score (nSPS) is 9.94. The molecule has 0 unspecified atom stereocenters. The molecule has 0 saturated heterocycles. The Morgan fingerprint density at radius 1 is 1.44 bits per heavy atom. The fourth-order valence-corrected chi connectivity index (χ4v) is 1.42. The van der Waals surface area contributed by atoms with Gasteiger partial charge in [-0.1, -0.05) is 13.0 Å². The lowest BCUT2D eigenvalue weighted by atomic mass is 10.1. The van der Waals surface area contributed by atoms with Crippen molar-refractivity contribution in [3.63, 3.8) is 0 Å². The Morgan fingerprint density at radius 2 is 2.06 bits per heavy atom. The topological polar surface area (TPSA) is 63.5 Å². The number of aryl methyl sites for hydroxylation is 1. The number of benzene rings is 1. The van der Waals surface area contributed by atoms with Gasteiger partial charge >= 0.3 is 0 Å². The predicted octanol–water partition coefficient (Wildman–Crippen LogP) is 1.86. The van der Waals surface area contributed by atoms with Gasteiger partial charge in [0.15, 0.2) is 0 Å². The van der Waals surface area contributed by atoms with E-state index in [0.717, 1.165) is 0 Å². The fourth-order valence-electron chi connectivity index (χ4n) is 1.42. The van der Waals surface area contributed by atoms with Crippen LogP contribution >= 0.6 is 0 Å². The van der Waals surface area contributed by atoms with Crippen LogP contribution in [0.5, 0.6) is 0 Å². The van der Waals surface area contributed by atoms with Gasteiger partial charge in [-0.3, -0.25) is 14.9 Å². The number of nitrogens with zero attached hydrogens (tertiary/aromatic N) is 2. The largest absolute Gasteiger partial charge is 0.345 e. The third-order valence-electron chi connectivity index (χ3n) is 2.32. The SMILES string of the molecule is CCc1ccc(C(=O)N(C)C)cc1[N+](=O)[O-]. The maximum Gasteiger partial charge on any atom is 0.273 e. The van der Waals surface area contributed by atoms with Gasteiger partial charge in [0, 0.05) is 31.3 Å². The first kappa shape index (κ1) is 12.2. The van der Waals surface area contributed by atoms with Gasteiger partial charge in [0.05, 0.1) is 4.92 Å². The number of rotatable bonds is 3. The lowest BCUT2D eigenvalue weighted by Crippen LogP contribution is -2.21. The summed E-state index contributed by atoms with van der Waals surface area (Å²) in [5.41, 5.74) is 0.990. The highest BCUT2D eigenvalue weighted by molar-refractivity contribution is 5.94. The fraction of sp³-hybridized carbons (Fsp3) is 0.364. The zero-order chi connectivity index (χ0) is 12.3.